The van der Waals surface area contributed by atoms with E-state index in [4.69, 9.17) is 4.74 Å². The number of carbonyl (C=O) groups is 1. The molecular weight excluding hydrogens is 350 g/mol. The fourth-order valence-electron chi connectivity index (χ4n) is 5.52. The van der Waals surface area contributed by atoms with Crippen LogP contribution in [0.15, 0.2) is 0 Å². The van der Waals surface area contributed by atoms with Crippen LogP contribution in [0, 0.1) is 17.8 Å². The summed E-state index contributed by atoms with van der Waals surface area (Å²) >= 11 is 0. The number of nitrogens with zero attached hydrogens (tertiary/aromatic N) is 3. The molecule has 0 aromatic heterocycles. The number of morpholine rings is 1. The first kappa shape index (κ1) is 22.0. The van der Waals surface area contributed by atoms with Gasteiger partial charge in [0, 0.05) is 32.7 Å². The normalized spacial score (nSPS) is 32.6. The Labute approximate surface area is 172 Å². The summed E-state index contributed by atoms with van der Waals surface area (Å²) in [6.07, 6.45) is 5.49. The van der Waals surface area contributed by atoms with Crippen molar-refractivity contribution in [1.82, 2.24) is 14.7 Å². The van der Waals surface area contributed by atoms with Crippen LogP contribution in [0.25, 0.3) is 0 Å². The quantitative estimate of drug-likeness (QED) is 0.719. The van der Waals surface area contributed by atoms with E-state index in [1.165, 1.54) is 38.9 Å². The summed E-state index contributed by atoms with van der Waals surface area (Å²) in [5.74, 6) is 2.20. The Hall–Kier alpha value is -0.650. The number of piperidine rings is 2. The third kappa shape index (κ3) is 5.70. The van der Waals surface area contributed by atoms with Gasteiger partial charge in [0.2, 0.25) is 5.91 Å². The van der Waals surface area contributed by atoms with E-state index < -0.39 is 0 Å². The summed E-state index contributed by atoms with van der Waals surface area (Å²) in [7, 11) is 0. The molecule has 0 aliphatic carbocycles. The maximum Gasteiger partial charge on any atom is 0.240 e. The van der Waals surface area contributed by atoms with Crippen LogP contribution in [0.2, 0.25) is 0 Å². The average molecular weight is 394 g/mol. The predicted molar refractivity (Wildman–Crippen MR) is 114 cm³/mol. The maximum absolute atomic E-state index is 13.6. The zero-order chi connectivity index (χ0) is 20.3. The van der Waals surface area contributed by atoms with Crippen LogP contribution in [0.3, 0.4) is 0 Å². The van der Waals surface area contributed by atoms with Crippen molar-refractivity contribution in [2.75, 3.05) is 45.8 Å². The lowest BCUT2D eigenvalue weighted by molar-refractivity contribution is -0.147. The van der Waals surface area contributed by atoms with Crippen molar-refractivity contribution in [3.05, 3.63) is 0 Å². The number of hydrogen-bond donors (Lipinski definition) is 0. The molecule has 3 saturated heterocycles. The van der Waals surface area contributed by atoms with E-state index in [-0.39, 0.29) is 18.2 Å². The lowest BCUT2D eigenvalue weighted by Crippen LogP contribution is -2.59. The standard InChI is InChI=1S/C23H43N3O2/c1-17(2)22(26-13-19(4)28-20(5)14-26)23(27)25-10-6-7-21(16-25)15-24-11-8-18(3)9-12-24/h17-22H,6-16H2,1-5H3/t19-,20+,21-,22+/m1/s1. The average Bonchev–Trinajstić information content (AvgIpc) is 2.63. The third-order valence-electron chi connectivity index (χ3n) is 6.95. The highest BCUT2D eigenvalue weighted by Crippen LogP contribution is 2.25. The van der Waals surface area contributed by atoms with E-state index in [2.05, 4.69) is 49.3 Å². The molecule has 28 heavy (non-hydrogen) atoms. The zero-order valence-corrected chi connectivity index (χ0v) is 18.9. The van der Waals surface area contributed by atoms with Gasteiger partial charge in [0.05, 0.1) is 18.2 Å². The lowest BCUT2D eigenvalue weighted by atomic mass is 9.92. The second kappa shape index (κ2) is 9.90. The Morgan fingerprint density at radius 1 is 0.964 bits per heavy atom. The maximum atomic E-state index is 13.6. The van der Waals surface area contributed by atoms with Gasteiger partial charge in [-0.05, 0) is 70.4 Å². The Kier molecular flexibility index (Phi) is 7.80. The van der Waals surface area contributed by atoms with Crippen LogP contribution in [0.5, 0.6) is 0 Å². The fourth-order valence-corrected chi connectivity index (χ4v) is 5.52. The number of ether oxygens (including phenoxy) is 1. The molecule has 0 N–H and O–H groups in total. The molecule has 1 amide bonds. The van der Waals surface area contributed by atoms with Gasteiger partial charge in [-0.2, -0.15) is 0 Å². The summed E-state index contributed by atoms with van der Waals surface area (Å²) in [5.41, 5.74) is 0. The second-order valence-corrected chi connectivity index (χ2v) is 10.2. The van der Waals surface area contributed by atoms with Crippen molar-refractivity contribution in [3.8, 4) is 0 Å². The second-order valence-electron chi connectivity index (χ2n) is 10.2. The molecular formula is C23H43N3O2. The molecule has 0 bridgehead atoms. The van der Waals surface area contributed by atoms with E-state index in [1.54, 1.807) is 0 Å². The highest BCUT2D eigenvalue weighted by atomic mass is 16.5. The van der Waals surface area contributed by atoms with Crippen molar-refractivity contribution >= 4 is 5.91 Å². The SMILES string of the molecule is CC1CCN(C[C@H]2CCCN(C(=O)[C@H](C(C)C)N3C[C@@H](C)O[C@@H](C)C3)C2)CC1. The van der Waals surface area contributed by atoms with E-state index in [0.717, 1.165) is 38.5 Å². The monoisotopic (exact) mass is 393 g/mol. The molecule has 0 spiro atoms. The van der Waals surface area contributed by atoms with Crippen LogP contribution < -0.4 is 0 Å². The van der Waals surface area contributed by atoms with Crippen LogP contribution >= 0.6 is 0 Å². The number of carbonyl (C=O) groups excluding carboxylic acids is 1. The number of rotatable bonds is 5. The van der Waals surface area contributed by atoms with Crippen LogP contribution in [0.1, 0.15) is 60.3 Å². The minimum atomic E-state index is -0.0108. The fraction of sp³-hybridized carbons (Fsp3) is 0.957. The molecule has 5 nitrogen and oxygen atoms in total. The number of hydrogen-bond acceptors (Lipinski definition) is 4. The van der Waals surface area contributed by atoms with Gasteiger partial charge in [0.25, 0.3) is 0 Å². The van der Waals surface area contributed by atoms with Crippen molar-refractivity contribution < 1.29 is 9.53 Å². The molecule has 0 aromatic rings. The molecule has 0 radical (unpaired) electrons. The molecule has 3 aliphatic rings. The molecule has 0 aromatic carbocycles. The number of amides is 1. The van der Waals surface area contributed by atoms with Gasteiger partial charge in [-0.15, -0.1) is 0 Å². The van der Waals surface area contributed by atoms with Gasteiger partial charge in [-0.3, -0.25) is 9.69 Å². The smallest absolute Gasteiger partial charge is 0.240 e. The molecule has 3 heterocycles. The molecule has 5 heteroatoms. The Morgan fingerprint density at radius 3 is 2.21 bits per heavy atom. The van der Waals surface area contributed by atoms with E-state index in [0.29, 0.717) is 17.7 Å². The van der Waals surface area contributed by atoms with Gasteiger partial charge in [0.15, 0.2) is 0 Å². The van der Waals surface area contributed by atoms with E-state index in [1.807, 2.05) is 0 Å². The first-order chi connectivity index (χ1) is 13.3. The van der Waals surface area contributed by atoms with E-state index >= 15 is 0 Å². The lowest BCUT2D eigenvalue weighted by Gasteiger charge is -2.44. The Balaban J connectivity index is 1.59. The summed E-state index contributed by atoms with van der Waals surface area (Å²) in [6.45, 7) is 18.3. The molecule has 4 atom stereocenters. The van der Waals surface area contributed by atoms with Gasteiger partial charge in [0.1, 0.15) is 0 Å². The molecule has 0 unspecified atom stereocenters. The first-order valence-corrected chi connectivity index (χ1v) is 11.7. The van der Waals surface area contributed by atoms with Crippen LogP contribution in [0.4, 0.5) is 0 Å². The minimum absolute atomic E-state index is 0.0108. The van der Waals surface area contributed by atoms with E-state index in [9.17, 15) is 4.79 Å². The molecule has 0 saturated carbocycles. The van der Waals surface area contributed by atoms with Crippen LogP contribution in [-0.2, 0) is 9.53 Å². The minimum Gasteiger partial charge on any atom is -0.373 e. The highest BCUT2D eigenvalue weighted by molar-refractivity contribution is 5.82. The summed E-state index contributed by atoms with van der Waals surface area (Å²) in [6, 6.07) is -0.0108. The summed E-state index contributed by atoms with van der Waals surface area (Å²) < 4.78 is 5.91. The summed E-state index contributed by atoms with van der Waals surface area (Å²) in [5, 5.41) is 0. The molecule has 3 fully saturated rings. The number of likely N-dealkylation sites (tertiary alicyclic amines) is 2. The van der Waals surface area contributed by atoms with Crippen molar-refractivity contribution in [3.63, 3.8) is 0 Å². The highest BCUT2D eigenvalue weighted by Gasteiger charge is 2.37. The van der Waals surface area contributed by atoms with Crippen molar-refractivity contribution in [2.45, 2.75) is 78.6 Å². The largest absolute Gasteiger partial charge is 0.373 e. The Morgan fingerprint density at radius 2 is 1.61 bits per heavy atom. The van der Waals surface area contributed by atoms with Gasteiger partial charge < -0.3 is 14.5 Å². The topological polar surface area (TPSA) is 36.0 Å². The molecule has 3 rings (SSSR count). The van der Waals surface area contributed by atoms with Gasteiger partial charge in [-0.25, -0.2) is 0 Å². The Bertz CT molecular complexity index is 494. The third-order valence-corrected chi connectivity index (χ3v) is 6.95. The molecule has 3 aliphatic heterocycles. The summed E-state index contributed by atoms with van der Waals surface area (Å²) in [4.78, 5) is 20.8. The van der Waals surface area contributed by atoms with Gasteiger partial charge >= 0.3 is 0 Å². The van der Waals surface area contributed by atoms with Crippen molar-refractivity contribution in [2.24, 2.45) is 17.8 Å². The predicted octanol–water partition coefficient (Wildman–Crippen LogP) is 3.09. The van der Waals surface area contributed by atoms with Crippen LogP contribution in [-0.4, -0.2) is 84.7 Å². The zero-order valence-electron chi connectivity index (χ0n) is 18.9. The van der Waals surface area contributed by atoms with Crippen molar-refractivity contribution in [1.29, 1.82) is 0 Å². The molecule has 162 valence electrons. The first-order valence-electron chi connectivity index (χ1n) is 11.7. The van der Waals surface area contributed by atoms with Gasteiger partial charge in [-0.1, -0.05) is 20.8 Å².